The molecule has 2 nitrogen and oxygen atoms in total. The minimum absolute atomic E-state index is 0. The molecule has 5 fully saturated rings. The molecule has 0 radical (unpaired) electrons. The molecule has 4 heteroatoms. The van der Waals surface area contributed by atoms with E-state index in [-0.39, 0.29) is 24.8 Å². The van der Waals surface area contributed by atoms with Gasteiger partial charge in [0.15, 0.2) is 0 Å². The fraction of sp³-hybridized carbons (Fsp3) is 0.667. The van der Waals surface area contributed by atoms with E-state index in [9.17, 15) is 0 Å². The van der Waals surface area contributed by atoms with Gasteiger partial charge >= 0.3 is 0 Å². The Morgan fingerprint density at radius 2 is 1.43 bits per heavy atom. The highest BCUT2D eigenvalue weighted by Crippen LogP contribution is 2.64. The van der Waals surface area contributed by atoms with E-state index >= 15 is 0 Å². The van der Waals surface area contributed by atoms with Crippen molar-refractivity contribution in [2.75, 3.05) is 39.8 Å². The molecule has 1 aromatic rings. The van der Waals surface area contributed by atoms with Crippen LogP contribution in [0.4, 0.5) is 0 Å². The molecular formula is C24H36Cl2N2. The first kappa shape index (κ1) is 22.2. The quantitative estimate of drug-likeness (QED) is 0.642. The van der Waals surface area contributed by atoms with Crippen molar-refractivity contribution in [3.8, 4) is 0 Å². The van der Waals surface area contributed by atoms with Crippen molar-refractivity contribution >= 4 is 30.4 Å². The van der Waals surface area contributed by atoms with Gasteiger partial charge in [-0.3, -0.25) is 4.90 Å². The van der Waals surface area contributed by atoms with E-state index in [2.05, 4.69) is 53.3 Å². The average Bonchev–Trinajstić information content (AvgIpc) is 2.63. The van der Waals surface area contributed by atoms with Gasteiger partial charge in [-0.2, -0.15) is 0 Å². The number of hydrogen-bond acceptors (Lipinski definition) is 2. The zero-order chi connectivity index (χ0) is 17.6. The second-order valence-corrected chi connectivity index (χ2v) is 9.79. The molecule has 1 heterocycles. The number of piperazine rings is 1. The van der Waals surface area contributed by atoms with Crippen LogP contribution in [-0.2, 0) is 0 Å². The summed E-state index contributed by atoms with van der Waals surface area (Å²) in [6.45, 7) is 6.00. The molecule has 0 amide bonds. The molecule has 0 unspecified atom stereocenters. The van der Waals surface area contributed by atoms with Gasteiger partial charge in [0.25, 0.3) is 0 Å². The number of nitrogens with zero attached hydrogens (tertiary/aromatic N) is 2. The van der Waals surface area contributed by atoms with Crippen molar-refractivity contribution in [3.05, 3.63) is 42.0 Å². The molecule has 1 aliphatic heterocycles. The second-order valence-electron chi connectivity index (χ2n) is 9.79. The van der Waals surface area contributed by atoms with Gasteiger partial charge < -0.3 is 4.90 Å². The standard InChI is InChI=1S/C24H34N2.2ClH/c1-25-9-11-26(12-10-25)8-7-23(22-5-3-2-4-6-22)24-16-19-13-20(17-24)15-21(14-19)18-24;;/h2-7,19-21H,8-18H2,1H3;2*1H. The monoisotopic (exact) mass is 422 g/mol. The third kappa shape index (κ3) is 4.31. The van der Waals surface area contributed by atoms with Gasteiger partial charge in [0.05, 0.1) is 0 Å². The van der Waals surface area contributed by atoms with Crippen LogP contribution in [0.1, 0.15) is 44.1 Å². The summed E-state index contributed by atoms with van der Waals surface area (Å²) in [7, 11) is 2.25. The fourth-order valence-corrected chi connectivity index (χ4v) is 6.95. The van der Waals surface area contributed by atoms with Crippen molar-refractivity contribution < 1.29 is 0 Å². The Morgan fingerprint density at radius 3 is 1.96 bits per heavy atom. The molecular weight excluding hydrogens is 387 g/mol. The van der Waals surface area contributed by atoms with Crippen molar-refractivity contribution in [2.24, 2.45) is 23.2 Å². The van der Waals surface area contributed by atoms with Crippen molar-refractivity contribution in [2.45, 2.75) is 38.5 Å². The van der Waals surface area contributed by atoms with E-state index in [1.54, 1.807) is 5.57 Å². The lowest BCUT2D eigenvalue weighted by Gasteiger charge is -2.58. The van der Waals surface area contributed by atoms with Gasteiger partial charge in [-0.05, 0) is 79.9 Å². The second kappa shape index (κ2) is 9.08. The zero-order valence-electron chi connectivity index (χ0n) is 17.2. The van der Waals surface area contributed by atoms with Crippen LogP contribution in [0.3, 0.4) is 0 Å². The van der Waals surface area contributed by atoms with E-state index in [0.29, 0.717) is 5.41 Å². The molecule has 156 valence electrons. The molecule has 4 aliphatic carbocycles. The Kier molecular flexibility index (Phi) is 7.18. The number of benzene rings is 1. The predicted molar refractivity (Wildman–Crippen MR) is 123 cm³/mol. The molecule has 1 aromatic carbocycles. The molecule has 28 heavy (non-hydrogen) atoms. The number of likely N-dealkylation sites (N-methyl/N-ethyl adjacent to an activating group) is 1. The van der Waals surface area contributed by atoms with Crippen LogP contribution < -0.4 is 0 Å². The molecule has 0 N–H and O–H groups in total. The van der Waals surface area contributed by atoms with Gasteiger partial charge in [-0.15, -0.1) is 24.8 Å². The fourth-order valence-electron chi connectivity index (χ4n) is 6.95. The van der Waals surface area contributed by atoms with Crippen LogP contribution in [0.2, 0.25) is 0 Å². The first-order chi connectivity index (χ1) is 12.7. The van der Waals surface area contributed by atoms with Crippen LogP contribution in [-0.4, -0.2) is 49.6 Å². The lowest BCUT2D eigenvalue weighted by Crippen LogP contribution is -2.47. The Labute approximate surface area is 183 Å². The smallest absolute Gasteiger partial charge is 0.0170 e. The van der Waals surface area contributed by atoms with Crippen molar-refractivity contribution in [1.82, 2.24) is 9.80 Å². The molecule has 0 aromatic heterocycles. The lowest BCUT2D eigenvalue weighted by molar-refractivity contribution is -0.0179. The topological polar surface area (TPSA) is 6.48 Å². The molecule has 4 bridgehead atoms. The van der Waals surface area contributed by atoms with E-state index in [4.69, 9.17) is 0 Å². The Morgan fingerprint density at radius 1 is 0.893 bits per heavy atom. The van der Waals surface area contributed by atoms with Gasteiger partial charge in [0, 0.05) is 32.7 Å². The highest BCUT2D eigenvalue weighted by Gasteiger charge is 2.52. The largest absolute Gasteiger partial charge is 0.304 e. The Balaban J connectivity index is 0.00000112. The van der Waals surface area contributed by atoms with E-state index in [1.807, 2.05) is 0 Å². The summed E-state index contributed by atoms with van der Waals surface area (Å²) in [6.07, 6.45) is 11.6. The summed E-state index contributed by atoms with van der Waals surface area (Å²) in [6, 6.07) is 11.4. The van der Waals surface area contributed by atoms with Crippen molar-refractivity contribution in [1.29, 1.82) is 0 Å². The summed E-state index contributed by atoms with van der Waals surface area (Å²) in [4.78, 5) is 5.11. The molecule has 1 saturated heterocycles. The first-order valence-electron chi connectivity index (χ1n) is 10.9. The van der Waals surface area contributed by atoms with Gasteiger partial charge in [0.2, 0.25) is 0 Å². The maximum Gasteiger partial charge on any atom is 0.0170 e. The molecule has 0 atom stereocenters. The minimum atomic E-state index is 0. The summed E-state index contributed by atoms with van der Waals surface area (Å²) in [5, 5.41) is 0. The highest BCUT2D eigenvalue weighted by atomic mass is 35.5. The van der Waals surface area contributed by atoms with E-state index in [1.165, 1.54) is 70.3 Å². The SMILES string of the molecule is CN1CCN(CC=C(c2ccccc2)C23CC4CC(CC(C4)C2)C3)CC1.Cl.Cl. The average molecular weight is 423 g/mol. The lowest BCUT2D eigenvalue weighted by atomic mass is 9.47. The van der Waals surface area contributed by atoms with Crippen LogP contribution in [0.25, 0.3) is 5.57 Å². The first-order valence-corrected chi connectivity index (χ1v) is 10.9. The number of rotatable bonds is 4. The summed E-state index contributed by atoms with van der Waals surface area (Å²) >= 11 is 0. The molecule has 5 aliphatic rings. The summed E-state index contributed by atoms with van der Waals surface area (Å²) in [5.41, 5.74) is 3.70. The molecule has 4 saturated carbocycles. The molecule has 6 rings (SSSR count). The zero-order valence-corrected chi connectivity index (χ0v) is 18.8. The Bertz CT molecular complexity index is 629. The van der Waals surface area contributed by atoms with E-state index < -0.39 is 0 Å². The molecule has 0 spiro atoms. The van der Waals surface area contributed by atoms with Crippen LogP contribution >= 0.6 is 24.8 Å². The predicted octanol–water partition coefficient (Wildman–Crippen LogP) is 5.38. The summed E-state index contributed by atoms with van der Waals surface area (Å²) < 4.78 is 0. The van der Waals surface area contributed by atoms with Crippen molar-refractivity contribution in [3.63, 3.8) is 0 Å². The summed E-state index contributed by atoms with van der Waals surface area (Å²) in [5.74, 6) is 3.03. The minimum Gasteiger partial charge on any atom is -0.304 e. The van der Waals surface area contributed by atoms with Crippen LogP contribution in [0.5, 0.6) is 0 Å². The maximum atomic E-state index is 2.66. The third-order valence-electron chi connectivity index (χ3n) is 7.84. The highest BCUT2D eigenvalue weighted by molar-refractivity contribution is 5.85. The van der Waals surface area contributed by atoms with Gasteiger partial charge in [-0.25, -0.2) is 0 Å². The van der Waals surface area contributed by atoms with Crippen LogP contribution in [0.15, 0.2) is 36.4 Å². The number of halogens is 2. The maximum absolute atomic E-state index is 2.66. The normalized spacial score (nSPS) is 35.3. The van der Waals surface area contributed by atoms with Gasteiger partial charge in [0.1, 0.15) is 0 Å². The Hall–Kier alpha value is -0.540. The third-order valence-corrected chi connectivity index (χ3v) is 7.84. The van der Waals surface area contributed by atoms with E-state index in [0.717, 1.165) is 24.3 Å². The van der Waals surface area contributed by atoms with Gasteiger partial charge in [-0.1, -0.05) is 36.4 Å². The number of hydrogen-bond donors (Lipinski definition) is 0. The van der Waals surface area contributed by atoms with Crippen LogP contribution in [0, 0.1) is 23.2 Å². The number of allylic oxidation sites excluding steroid dienone is 1.